The van der Waals surface area contributed by atoms with E-state index in [1.807, 2.05) is 52.8 Å². The Morgan fingerprint density at radius 1 is 0.949 bits per heavy atom. The first-order valence-corrected chi connectivity index (χ1v) is 13.7. The summed E-state index contributed by atoms with van der Waals surface area (Å²) in [6.07, 6.45) is 0.773. The number of aryl methyl sites for hydroxylation is 2. The minimum absolute atomic E-state index is 0.290. The van der Waals surface area contributed by atoms with Crippen LogP contribution in [0.5, 0.6) is 0 Å². The number of hydrogen-bond donors (Lipinski definition) is 2. The van der Waals surface area contributed by atoms with Crippen LogP contribution in [0.3, 0.4) is 0 Å². The van der Waals surface area contributed by atoms with Gasteiger partial charge in [-0.25, -0.2) is 4.79 Å². The maximum Gasteiger partial charge on any atom is 0.408 e. The Morgan fingerprint density at radius 2 is 1.51 bits per heavy atom. The van der Waals surface area contributed by atoms with Crippen molar-refractivity contribution >= 4 is 23.9 Å². The monoisotopic (exact) mass is 547 g/mol. The normalized spacial score (nSPS) is 13.9. The van der Waals surface area contributed by atoms with Gasteiger partial charge in [-0.05, 0) is 82.9 Å². The predicted octanol–water partition coefficient (Wildman–Crippen LogP) is 4.84. The number of benzene rings is 1. The number of carbonyl (C=O) groups is 4. The lowest BCUT2D eigenvalue weighted by molar-refractivity contribution is -0.147. The van der Waals surface area contributed by atoms with Crippen LogP contribution in [0.4, 0.5) is 4.79 Å². The van der Waals surface area contributed by atoms with Gasteiger partial charge >= 0.3 is 12.1 Å². The molecule has 9 heteroatoms. The van der Waals surface area contributed by atoms with Gasteiger partial charge in [-0.1, -0.05) is 45.9 Å². The lowest BCUT2D eigenvalue weighted by Gasteiger charge is -2.40. The second-order valence-electron chi connectivity index (χ2n) is 11.9. The molecule has 1 aromatic carbocycles. The first-order valence-electron chi connectivity index (χ1n) is 13.7. The number of amides is 3. The molecule has 0 saturated carbocycles. The topological polar surface area (TPSA) is 114 Å². The molecule has 1 aromatic rings. The van der Waals surface area contributed by atoms with E-state index in [0.29, 0.717) is 17.9 Å². The van der Waals surface area contributed by atoms with Crippen molar-refractivity contribution in [2.45, 2.75) is 106 Å². The van der Waals surface area contributed by atoms with Gasteiger partial charge in [0.25, 0.3) is 0 Å². The van der Waals surface area contributed by atoms with Gasteiger partial charge in [0.05, 0.1) is 7.11 Å². The van der Waals surface area contributed by atoms with E-state index in [-0.39, 0.29) is 18.5 Å². The molecule has 0 fully saturated rings. The minimum atomic E-state index is -1.03. The van der Waals surface area contributed by atoms with E-state index in [4.69, 9.17) is 9.47 Å². The van der Waals surface area contributed by atoms with Crippen molar-refractivity contribution in [1.82, 2.24) is 15.5 Å². The summed E-state index contributed by atoms with van der Waals surface area (Å²) in [5, 5.41) is 5.41. The highest BCUT2D eigenvalue weighted by atomic mass is 16.6. The van der Waals surface area contributed by atoms with E-state index in [9.17, 15) is 19.2 Å². The zero-order valence-corrected chi connectivity index (χ0v) is 25.6. The largest absolute Gasteiger partial charge is 0.468 e. The Labute approximate surface area is 234 Å². The molecule has 1 rings (SSSR count). The van der Waals surface area contributed by atoms with Gasteiger partial charge in [-0.3, -0.25) is 14.4 Å². The van der Waals surface area contributed by atoms with Crippen LogP contribution >= 0.6 is 0 Å². The van der Waals surface area contributed by atoms with Crippen LogP contribution in [-0.4, -0.2) is 60.1 Å². The van der Waals surface area contributed by atoms with Gasteiger partial charge in [0.15, 0.2) is 0 Å². The third-order valence-corrected chi connectivity index (χ3v) is 6.47. The lowest BCUT2D eigenvalue weighted by Crippen LogP contribution is -2.57. The van der Waals surface area contributed by atoms with Crippen molar-refractivity contribution in [3.8, 4) is 0 Å². The standard InChI is InChI=1S/C30H49N3O6/c1-18(2)15-16-22(7)33(28(36)25(19(3)4)32-29(37)39-30(8,9)10)26(27(35)31-17-23(34)38-11)24-20(5)13-12-14-21(24)6/h12-14,18-19,22,25-26H,15-17H2,1-11H3,(H,31,35)(H,32,37). The van der Waals surface area contributed by atoms with Gasteiger partial charge in [-0.15, -0.1) is 0 Å². The minimum Gasteiger partial charge on any atom is -0.468 e. The molecule has 0 aliphatic rings. The summed E-state index contributed by atoms with van der Waals surface area (Å²) in [4.78, 5) is 54.4. The predicted molar refractivity (Wildman–Crippen MR) is 152 cm³/mol. The number of carbonyl (C=O) groups excluding carboxylic acids is 4. The number of esters is 1. The number of methoxy groups -OCH3 is 1. The molecule has 2 N–H and O–H groups in total. The van der Waals surface area contributed by atoms with Crippen LogP contribution in [0, 0.1) is 25.7 Å². The van der Waals surface area contributed by atoms with Crippen LogP contribution in [0.25, 0.3) is 0 Å². The highest BCUT2D eigenvalue weighted by Crippen LogP contribution is 2.32. The van der Waals surface area contributed by atoms with Crippen LogP contribution < -0.4 is 10.6 Å². The van der Waals surface area contributed by atoms with Gasteiger partial charge in [0.2, 0.25) is 11.8 Å². The van der Waals surface area contributed by atoms with E-state index in [2.05, 4.69) is 24.5 Å². The van der Waals surface area contributed by atoms with Crippen LogP contribution in [-0.2, 0) is 23.9 Å². The summed E-state index contributed by atoms with van der Waals surface area (Å²) in [6, 6.07) is 3.35. The Bertz CT molecular complexity index is 979. The van der Waals surface area contributed by atoms with Gasteiger partial charge in [-0.2, -0.15) is 0 Å². The maximum absolute atomic E-state index is 14.4. The molecule has 3 unspecified atom stereocenters. The average Bonchev–Trinajstić information content (AvgIpc) is 2.81. The quantitative estimate of drug-likeness (QED) is 0.362. The number of alkyl carbamates (subject to hydrolysis) is 1. The summed E-state index contributed by atoms with van der Waals surface area (Å²) in [6.45, 7) is 18.5. The van der Waals surface area contributed by atoms with E-state index in [1.165, 1.54) is 7.11 Å². The Kier molecular flexibility index (Phi) is 13.0. The summed E-state index contributed by atoms with van der Waals surface area (Å²) >= 11 is 0. The number of hydrogen-bond acceptors (Lipinski definition) is 6. The first kappa shape index (κ1) is 33.9. The summed E-state index contributed by atoms with van der Waals surface area (Å²) < 4.78 is 10.2. The van der Waals surface area contributed by atoms with E-state index < -0.39 is 41.6 Å². The van der Waals surface area contributed by atoms with E-state index in [0.717, 1.165) is 17.5 Å². The number of nitrogens with zero attached hydrogens (tertiary/aromatic N) is 1. The van der Waals surface area contributed by atoms with Crippen LogP contribution in [0.15, 0.2) is 18.2 Å². The number of rotatable bonds is 12. The maximum atomic E-state index is 14.4. The Morgan fingerprint density at radius 3 is 1.97 bits per heavy atom. The molecule has 9 nitrogen and oxygen atoms in total. The molecular weight excluding hydrogens is 498 g/mol. The smallest absolute Gasteiger partial charge is 0.408 e. The van der Waals surface area contributed by atoms with Crippen LogP contribution in [0.2, 0.25) is 0 Å². The average molecular weight is 548 g/mol. The summed E-state index contributed by atoms with van der Waals surface area (Å²) in [5.41, 5.74) is 1.61. The molecule has 3 amide bonds. The summed E-state index contributed by atoms with van der Waals surface area (Å²) in [5.74, 6) is -1.39. The second kappa shape index (κ2) is 14.9. The van der Waals surface area contributed by atoms with Crippen molar-refractivity contribution in [3.05, 3.63) is 34.9 Å². The van der Waals surface area contributed by atoms with Gasteiger partial charge < -0.3 is 25.0 Å². The number of nitrogens with one attached hydrogen (secondary N) is 2. The highest BCUT2D eigenvalue weighted by Gasteiger charge is 2.41. The molecule has 0 spiro atoms. The van der Waals surface area contributed by atoms with E-state index >= 15 is 0 Å². The zero-order valence-electron chi connectivity index (χ0n) is 25.6. The molecule has 39 heavy (non-hydrogen) atoms. The fraction of sp³-hybridized carbons (Fsp3) is 0.667. The SMILES string of the molecule is COC(=O)CNC(=O)C(c1c(C)cccc1C)N(C(=O)C(NC(=O)OC(C)(C)C)C(C)C)C(C)CCC(C)C. The fourth-order valence-corrected chi connectivity index (χ4v) is 4.40. The molecule has 0 radical (unpaired) electrons. The molecule has 0 aliphatic carbocycles. The third-order valence-electron chi connectivity index (χ3n) is 6.47. The van der Waals surface area contributed by atoms with Gasteiger partial charge in [0, 0.05) is 6.04 Å². The van der Waals surface area contributed by atoms with E-state index in [1.54, 1.807) is 25.7 Å². The molecule has 0 aliphatic heterocycles. The molecule has 0 bridgehead atoms. The highest BCUT2D eigenvalue weighted by molar-refractivity contribution is 5.94. The van der Waals surface area contributed by atoms with Crippen molar-refractivity contribution in [1.29, 1.82) is 0 Å². The van der Waals surface area contributed by atoms with Crippen molar-refractivity contribution in [2.75, 3.05) is 13.7 Å². The van der Waals surface area contributed by atoms with Gasteiger partial charge in [0.1, 0.15) is 24.2 Å². The van der Waals surface area contributed by atoms with Crippen molar-refractivity contribution in [2.24, 2.45) is 11.8 Å². The first-order chi connectivity index (χ1) is 18.0. The molecule has 3 atom stereocenters. The third kappa shape index (κ3) is 10.5. The van der Waals surface area contributed by atoms with Crippen molar-refractivity contribution in [3.63, 3.8) is 0 Å². The van der Waals surface area contributed by atoms with Crippen molar-refractivity contribution < 1.29 is 28.7 Å². The Balaban J connectivity index is 3.71. The fourth-order valence-electron chi connectivity index (χ4n) is 4.40. The lowest BCUT2D eigenvalue weighted by atomic mass is 9.90. The molecule has 0 saturated heterocycles. The Hall–Kier alpha value is -3.10. The molecule has 0 aromatic heterocycles. The molecular formula is C30H49N3O6. The second-order valence-corrected chi connectivity index (χ2v) is 11.9. The zero-order chi connectivity index (χ0) is 30.1. The van der Waals surface area contributed by atoms with Crippen LogP contribution in [0.1, 0.15) is 91.0 Å². The number of ether oxygens (including phenoxy) is 2. The summed E-state index contributed by atoms with van der Waals surface area (Å²) in [7, 11) is 1.25. The molecule has 220 valence electrons. The molecule has 0 heterocycles.